The summed E-state index contributed by atoms with van der Waals surface area (Å²) >= 11 is 5.63. The predicted molar refractivity (Wildman–Crippen MR) is 94.6 cm³/mol. The molecule has 2 aliphatic rings. The molecule has 2 fully saturated rings. The molecule has 2 aromatic rings. The normalized spacial score (nSPS) is 26.8. The lowest BCUT2D eigenvalue weighted by molar-refractivity contribution is 0.0816. The first kappa shape index (κ1) is 15.6. The van der Waals surface area contributed by atoms with Crippen molar-refractivity contribution in [2.45, 2.75) is 38.0 Å². The molecule has 4 rings (SSSR count). The third kappa shape index (κ3) is 2.91. The van der Waals surface area contributed by atoms with Gasteiger partial charge in [-0.15, -0.1) is 0 Å². The van der Waals surface area contributed by atoms with Gasteiger partial charge in [0, 0.05) is 19.3 Å². The summed E-state index contributed by atoms with van der Waals surface area (Å²) in [5.74, 6) is 1.81. The van der Waals surface area contributed by atoms with Crippen LogP contribution in [0.1, 0.15) is 42.1 Å². The number of hydrogen-bond acceptors (Lipinski definition) is 4. The van der Waals surface area contributed by atoms with Crippen LogP contribution < -0.4 is 5.32 Å². The van der Waals surface area contributed by atoms with Crippen LogP contribution in [0.3, 0.4) is 0 Å². The highest BCUT2D eigenvalue weighted by molar-refractivity contribution is 7.80. The third-order valence-electron chi connectivity index (χ3n) is 4.67. The topological polar surface area (TPSA) is 50.5 Å². The molecular weight excluding hydrogens is 322 g/mol. The maximum Gasteiger partial charge on any atom is 0.170 e. The Labute approximate surface area is 147 Å². The van der Waals surface area contributed by atoms with Gasteiger partial charge in [0.2, 0.25) is 0 Å². The Hall–Kier alpha value is -1.92. The quantitative estimate of drug-likeness (QED) is 0.861. The molecule has 2 aromatic heterocycles. The van der Waals surface area contributed by atoms with Crippen LogP contribution in [0.4, 0.5) is 0 Å². The third-order valence-corrected chi connectivity index (χ3v) is 5.03. The summed E-state index contributed by atoms with van der Waals surface area (Å²) < 4.78 is 11.8. The molecule has 0 aromatic carbocycles. The van der Waals surface area contributed by atoms with E-state index in [1.165, 1.54) is 0 Å². The van der Waals surface area contributed by atoms with Gasteiger partial charge in [0.05, 0.1) is 17.8 Å². The molecule has 0 radical (unpaired) electrons. The van der Waals surface area contributed by atoms with Gasteiger partial charge in [0.15, 0.2) is 5.11 Å². The monoisotopic (exact) mass is 343 g/mol. The van der Waals surface area contributed by atoms with Crippen molar-refractivity contribution in [3.63, 3.8) is 0 Å². The Morgan fingerprint density at radius 3 is 2.92 bits per heavy atom. The SMILES string of the molecule is Cc1ccc([C@@H]2[C@@H](c3ccccn3)NC(=S)N2C[C@@H]2CCCO2)o1. The lowest BCUT2D eigenvalue weighted by atomic mass is 10.0. The number of thiocarbonyl (C=S) groups is 1. The largest absolute Gasteiger partial charge is 0.464 e. The second-order valence-corrected chi connectivity index (χ2v) is 6.75. The molecule has 24 heavy (non-hydrogen) atoms. The van der Waals surface area contributed by atoms with Crippen LogP contribution in [0.5, 0.6) is 0 Å². The van der Waals surface area contributed by atoms with Crippen molar-refractivity contribution < 1.29 is 9.15 Å². The van der Waals surface area contributed by atoms with Crippen molar-refractivity contribution in [1.82, 2.24) is 15.2 Å². The van der Waals surface area contributed by atoms with Gasteiger partial charge in [-0.2, -0.15) is 0 Å². The predicted octanol–water partition coefficient (Wildman–Crippen LogP) is 3.13. The molecule has 5 nitrogen and oxygen atoms in total. The maximum absolute atomic E-state index is 5.95. The number of hydrogen-bond donors (Lipinski definition) is 1. The standard InChI is InChI=1S/C18H21N3O2S/c1-12-7-8-15(23-12)17-16(14-6-2-3-9-19-14)20-18(24)21(17)11-13-5-4-10-22-13/h2-3,6-9,13,16-17H,4-5,10-11H2,1H3,(H,20,24)/t13-,16+,17+/m0/s1. The number of pyridine rings is 1. The van der Waals surface area contributed by atoms with E-state index < -0.39 is 0 Å². The van der Waals surface area contributed by atoms with E-state index in [0.717, 1.165) is 48.3 Å². The molecule has 0 bridgehead atoms. The lowest BCUT2D eigenvalue weighted by Gasteiger charge is -2.28. The van der Waals surface area contributed by atoms with Gasteiger partial charge < -0.3 is 19.4 Å². The van der Waals surface area contributed by atoms with E-state index in [0.29, 0.717) is 0 Å². The molecule has 0 saturated carbocycles. The summed E-state index contributed by atoms with van der Waals surface area (Å²) in [6.07, 6.45) is 4.24. The first-order valence-corrected chi connectivity index (χ1v) is 8.79. The highest BCUT2D eigenvalue weighted by Crippen LogP contribution is 2.39. The first-order chi connectivity index (χ1) is 11.7. The van der Waals surface area contributed by atoms with Crippen LogP contribution in [0.2, 0.25) is 0 Å². The van der Waals surface area contributed by atoms with Crippen molar-refractivity contribution in [2.75, 3.05) is 13.2 Å². The number of nitrogens with zero attached hydrogens (tertiary/aromatic N) is 2. The van der Waals surface area contributed by atoms with Gasteiger partial charge in [-0.3, -0.25) is 4.98 Å². The number of aryl methyl sites for hydroxylation is 1. The van der Waals surface area contributed by atoms with Crippen molar-refractivity contribution in [3.05, 3.63) is 53.7 Å². The van der Waals surface area contributed by atoms with Gasteiger partial charge in [0.25, 0.3) is 0 Å². The molecule has 6 heteroatoms. The Balaban J connectivity index is 1.67. The fourth-order valence-corrected chi connectivity index (χ4v) is 3.85. The number of nitrogens with one attached hydrogen (secondary N) is 1. The van der Waals surface area contributed by atoms with E-state index in [2.05, 4.69) is 15.2 Å². The molecule has 3 atom stereocenters. The number of rotatable bonds is 4. The fourth-order valence-electron chi connectivity index (χ4n) is 3.53. The Morgan fingerprint density at radius 2 is 2.25 bits per heavy atom. The van der Waals surface area contributed by atoms with E-state index in [9.17, 15) is 0 Å². The molecule has 2 aliphatic heterocycles. The Bertz CT molecular complexity index is 712. The minimum Gasteiger partial charge on any atom is -0.464 e. The molecule has 0 amide bonds. The van der Waals surface area contributed by atoms with E-state index in [1.807, 2.05) is 43.5 Å². The van der Waals surface area contributed by atoms with Crippen LogP contribution in [-0.2, 0) is 4.74 Å². The molecule has 0 aliphatic carbocycles. The second-order valence-electron chi connectivity index (χ2n) is 6.36. The van der Waals surface area contributed by atoms with Crippen LogP contribution in [-0.4, -0.2) is 34.3 Å². The number of aromatic nitrogens is 1. The minimum atomic E-state index is -0.0225. The summed E-state index contributed by atoms with van der Waals surface area (Å²) in [5.41, 5.74) is 0.966. The van der Waals surface area contributed by atoms with Gasteiger partial charge in [-0.1, -0.05) is 6.07 Å². The molecular formula is C18H21N3O2S. The van der Waals surface area contributed by atoms with Gasteiger partial charge >= 0.3 is 0 Å². The van der Waals surface area contributed by atoms with Crippen LogP contribution in [0.25, 0.3) is 0 Å². The van der Waals surface area contributed by atoms with Gasteiger partial charge in [-0.05, 0) is 56.2 Å². The Morgan fingerprint density at radius 1 is 1.33 bits per heavy atom. The van der Waals surface area contributed by atoms with Gasteiger partial charge in [0.1, 0.15) is 17.6 Å². The molecule has 0 unspecified atom stereocenters. The van der Waals surface area contributed by atoms with Crippen molar-refractivity contribution in [2.24, 2.45) is 0 Å². The van der Waals surface area contributed by atoms with Crippen molar-refractivity contribution in [1.29, 1.82) is 0 Å². The molecule has 2 saturated heterocycles. The molecule has 1 N–H and O–H groups in total. The lowest BCUT2D eigenvalue weighted by Crippen LogP contribution is -2.36. The zero-order valence-electron chi connectivity index (χ0n) is 13.6. The highest BCUT2D eigenvalue weighted by atomic mass is 32.1. The van der Waals surface area contributed by atoms with Crippen LogP contribution >= 0.6 is 12.2 Å². The van der Waals surface area contributed by atoms with E-state index in [-0.39, 0.29) is 18.2 Å². The highest BCUT2D eigenvalue weighted by Gasteiger charge is 2.42. The minimum absolute atomic E-state index is 0.00898. The van der Waals surface area contributed by atoms with Crippen molar-refractivity contribution in [3.8, 4) is 0 Å². The first-order valence-electron chi connectivity index (χ1n) is 8.38. The fraction of sp³-hybridized carbons (Fsp3) is 0.444. The summed E-state index contributed by atoms with van der Waals surface area (Å²) in [4.78, 5) is 6.72. The average Bonchev–Trinajstić information content (AvgIpc) is 3.31. The molecule has 4 heterocycles. The van der Waals surface area contributed by atoms with Crippen LogP contribution in [0, 0.1) is 6.92 Å². The van der Waals surface area contributed by atoms with E-state index >= 15 is 0 Å². The zero-order chi connectivity index (χ0) is 16.5. The summed E-state index contributed by atoms with van der Waals surface area (Å²) in [5, 5.41) is 4.17. The van der Waals surface area contributed by atoms with Crippen molar-refractivity contribution >= 4 is 17.3 Å². The summed E-state index contributed by atoms with van der Waals surface area (Å²) in [6.45, 7) is 3.58. The van der Waals surface area contributed by atoms with Gasteiger partial charge in [-0.25, -0.2) is 0 Å². The van der Waals surface area contributed by atoms with E-state index in [1.54, 1.807) is 0 Å². The zero-order valence-corrected chi connectivity index (χ0v) is 14.5. The smallest absolute Gasteiger partial charge is 0.170 e. The van der Waals surface area contributed by atoms with E-state index in [4.69, 9.17) is 21.4 Å². The maximum atomic E-state index is 5.95. The number of furan rings is 1. The van der Waals surface area contributed by atoms with Crippen LogP contribution in [0.15, 0.2) is 40.9 Å². The second kappa shape index (κ2) is 6.53. The summed E-state index contributed by atoms with van der Waals surface area (Å²) in [6, 6.07) is 9.95. The molecule has 0 spiro atoms. The summed E-state index contributed by atoms with van der Waals surface area (Å²) in [7, 11) is 0. The number of ether oxygens (including phenoxy) is 1. The Kier molecular flexibility index (Phi) is 4.24. The molecule has 126 valence electrons. The average molecular weight is 343 g/mol.